The van der Waals surface area contributed by atoms with Crippen LogP contribution < -0.4 is 9.47 Å². The molecule has 1 aliphatic rings. The predicted molar refractivity (Wildman–Crippen MR) is 127 cm³/mol. The van der Waals surface area contributed by atoms with E-state index in [-0.39, 0.29) is 18.4 Å². The maximum atomic E-state index is 12.7. The smallest absolute Gasteiger partial charge is 0.260 e. The molecule has 2 amide bonds. The lowest BCUT2D eigenvalue weighted by molar-refractivity contribution is -0.140. The number of aromatic nitrogens is 1. The van der Waals surface area contributed by atoms with Gasteiger partial charge in [0.1, 0.15) is 17.0 Å². The molecule has 0 unspecified atom stereocenters. The number of rotatable bonds is 7. The summed E-state index contributed by atoms with van der Waals surface area (Å²) in [4.78, 5) is 33.1. The summed E-state index contributed by atoms with van der Waals surface area (Å²) in [6.45, 7) is 1.96. The molecular formula is C25H26ClN3O4. The van der Waals surface area contributed by atoms with Crippen molar-refractivity contribution >= 4 is 34.3 Å². The average Bonchev–Trinajstić information content (AvgIpc) is 2.87. The fraction of sp³-hybridized carbons (Fsp3) is 0.320. The average molecular weight is 468 g/mol. The number of benzene rings is 2. The van der Waals surface area contributed by atoms with Crippen molar-refractivity contribution in [2.24, 2.45) is 0 Å². The van der Waals surface area contributed by atoms with Crippen molar-refractivity contribution in [3.05, 3.63) is 65.3 Å². The Labute approximate surface area is 197 Å². The molecule has 0 spiro atoms. The molecule has 7 nitrogen and oxygen atoms in total. The number of methoxy groups -OCH3 is 1. The van der Waals surface area contributed by atoms with E-state index in [1.54, 1.807) is 36.4 Å². The van der Waals surface area contributed by atoms with Crippen molar-refractivity contribution in [2.75, 3.05) is 39.9 Å². The molecule has 0 radical (unpaired) electrons. The van der Waals surface area contributed by atoms with Gasteiger partial charge in [-0.05, 0) is 48.4 Å². The van der Waals surface area contributed by atoms with Crippen molar-refractivity contribution in [2.45, 2.75) is 12.8 Å². The van der Waals surface area contributed by atoms with E-state index in [1.165, 1.54) is 0 Å². The lowest BCUT2D eigenvalue weighted by Crippen LogP contribution is -2.51. The van der Waals surface area contributed by atoms with Gasteiger partial charge in [0.2, 0.25) is 5.91 Å². The number of pyridine rings is 1. The Bertz CT molecular complexity index is 1130. The Morgan fingerprint density at radius 2 is 1.67 bits per heavy atom. The summed E-state index contributed by atoms with van der Waals surface area (Å²) in [7, 11) is 1.63. The Morgan fingerprint density at radius 1 is 0.970 bits per heavy atom. The van der Waals surface area contributed by atoms with Crippen molar-refractivity contribution in [3.8, 4) is 11.5 Å². The van der Waals surface area contributed by atoms with E-state index in [1.807, 2.05) is 35.2 Å². The van der Waals surface area contributed by atoms with E-state index in [9.17, 15) is 9.59 Å². The lowest BCUT2D eigenvalue weighted by Gasteiger charge is -2.34. The minimum Gasteiger partial charge on any atom is -0.497 e. The van der Waals surface area contributed by atoms with Crippen LogP contribution in [0, 0.1) is 0 Å². The quantitative estimate of drug-likeness (QED) is 0.531. The van der Waals surface area contributed by atoms with E-state index in [2.05, 4.69) is 4.98 Å². The summed E-state index contributed by atoms with van der Waals surface area (Å²) < 4.78 is 10.9. The number of halogens is 1. The molecule has 2 heterocycles. The van der Waals surface area contributed by atoms with Crippen LogP contribution in [-0.2, 0) is 16.0 Å². The van der Waals surface area contributed by atoms with Crippen LogP contribution in [0.15, 0.2) is 54.7 Å². The van der Waals surface area contributed by atoms with Crippen LogP contribution in [0.5, 0.6) is 11.5 Å². The fourth-order valence-electron chi connectivity index (χ4n) is 3.87. The number of hydrogen-bond donors (Lipinski definition) is 0. The fourth-order valence-corrected chi connectivity index (χ4v) is 4.08. The van der Waals surface area contributed by atoms with Gasteiger partial charge in [-0.2, -0.15) is 0 Å². The maximum Gasteiger partial charge on any atom is 0.260 e. The standard InChI is InChI=1S/C25H26ClN3O4/c1-32-19-7-4-18(5-8-19)6-11-23(30)28-13-15-29(16-14-28)24(31)17-33-22-10-9-21(26)20-3-2-12-27-25(20)22/h2-5,7-10,12H,6,11,13-17H2,1H3. The zero-order valence-electron chi connectivity index (χ0n) is 18.5. The number of nitrogens with zero attached hydrogens (tertiary/aromatic N) is 3. The molecule has 1 fully saturated rings. The zero-order valence-corrected chi connectivity index (χ0v) is 19.3. The van der Waals surface area contributed by atoms with Crippen molar-refractivity contribution in [1.82, 2.24) is 14.8 Å². The number of amides is 2. The first-order valence-electron chi connectivity index (χ1n) is 10.9. The van der Waals surface area contributed by atoms with Gasteiger partial charge in [0.05, 0.1) is 12.1 Å². The third-order valence-corrected chi connectivity index (χ3v) is 6.13. The molecule has 1 saturated heterocycles. The number of hydrogen-bond acceptors (Lipinski definition) is 5. The van der Waals surface area contributed by atoms with Gasteiger partial charge < -0.3 is 19.3 Å². The third-order valence-electron chi connectivity index (χ3n) is 5.80. The number of carbonyl (C=O) groups is 2. The van der Waals surface area contributed by atoms with Gasteiger partial charge in [-0.3, -0.25) is 14.6 Å². The maximum absolute atomic E-state index is 12.7. The highest BCUT2D eigenvalue weighted by atomic mass is 35.5. The van der Waals surface area contributed by atoms with Gasteiger partial charge in [0.15, 0.2) is 6.61 Å². The minimum atomic E-state index is -0.112. The van der Waals surface area contributed by atoms with Crippen LogP contribution in [-0.4, -0.2) is 66.5 Å². The van der Waals surface area contributed by atoms with E-state index in [0.717, 1.165) is 16.7 Å². The van der Waals surface area contributed by atoms with Crippen molar-refractivity contribution < 1.29 is 19.1 Å². The number of aryl methyl sites for hydroxylation is 1. The molecule has 4 rings (SSSR count). The predicted octanol–water partition coefficient (Wildman–Crippen LogP) is 3.58. The van der Waals surface area contributed by atoms with Gasteiger partial charge in [0, 0.05) is 44.2 Å². The summed E-state index contributed by atoms with van der Waals surface area (Å²) in [6.07, 6.45) is 2.79. The Balaban J connectivity index is 1.24. The molecule has 33 heavy (non-hydrogen) atoms. The largest absolute Gasteiger partial charge is 0.497 e. The van der Waals surface area contributed by atoms with Crippen LogP contribution in [0.25, 0.3) is 10.9 Å². The highest BCUT2D eigenvalue weighted by molar-refractivity contribution is 6.35. The molecular weight excluding hydrogens is 442 g/mol. The molecule has 1 aromatic heterocycles. The number of ether oxygens (including phenoxy) is 2. The van der Waals surface area contributed by atoms with Crippen molar-refractivity contribution in [1.29, 1.82) is 0 Å². The molecule has 0 aliphatic carbocycles. The van der Waals surface area contributed by atoms with E-state index in [0.29, 0.717) is 55.3 Å². The van der Waals surface area contributed by atoms with Gasteiger partial charge in [-0.15, -0.1) is 0 Å². The van der Waals surface area contributed by atoms with Crippen LogP contribution in [0.3, 0.4) is 0 Å². The molecule has 0 bridgehead atoms. The second-order valence-corrected chi connectivity index (χ2v) is 8.25. The van der Waals surface area contributed by atoms with Crippen LogP contribution in [0.2, 0.25) is 5.02 Å². The molecule has 3 aromatic rings. The highest BCUT2D eigenvalue weighted by Gasteiger charge is 2.24. The monoisotopic (exact) mass is 467 g/mol. The van der Waals surface area contributed by atoms with Gasteiger partial charge in [-0.25, -0.2) is 0 Å². The first-order chi connectivity index (χ1) is 16.0. The molecule has 0 N–H and O–H groups in total. The Hall–Kier alpha value is -3.32. The molecule has 1 aliphatic heterocycles. The van der Waals surface area contributed by atoms with Crippen LogP contribution in [0.1, 0.15) is 12.0 Å². The first-order valence-corrected chi connectivity index (χ1v) is 11.3. The third kappa shape index (κ3) is 5.54. The second-order valence-electron chi connectivity index (χ2n) is 7.84. The molecule has 8 heteroatoms. The summed E-state index contributed by atoms with van der Waals surface area (Å²) in [6, 6.07) is 14.9. The van der Waals surface area contributed by atoms with Gasteiger partial charge in [-0.1, -0.05) is 23.7 Å². The van der Waals surface area contributed by atoms with Crippen LogP contribution in [0.4, 0.5) is 0 Å². The zero-order chi connectivity index (χ0) is 23.2. The van der Waals surface area contributed by atoms with E-state index >= 15 is 0 Å². The SMILES string of the molecule is COc1ccc(CCC(=O)N2CCN(C(=O)COc3ccc(Cl)c4cccnc34)CC2)cc1. The first kappa shape index (κ1) is 22.9. The molecule has 0 saturated carbocycles. The van der Waals surface area contributed by atoms with Gasteiger partial charge >= 0.3 is 0 Å². The van der Waals surface area contributed by atoms with Crippen molar-refractivity contribution in [3.63, 3.8) is 0 Å². The van der Waals surface area contributed by atoms with E-state index in [4.69, 9.17) is 21.1 Å². The summed E-state index contributed by atoms with van der Waals surface area (Å²) in [5, 5.41) is 1.37. The Morgan fingerprint density at radius 3 is 2.36 bits per heavy atom. The second kappa shape index (κ2) is 10.5. The van der Waals surface area contributed by atoms with E-state index < -0.39 is 0 Å². The summed E-state index contributed by atoms with van der Waals surface area (Å²) in [5.41, 5.74) is 1.73. The number of fused-ring (bicyclic) bond motifs is 1. The molecule has 0 atom stereocenters. The summed E-state index contributed by atoms with van der Waals surface area (Å²) in [5.74, 6) is 1.32. The number of carbonyl (C=O) groups excluding carboxylic acids is 2. The normalized spacial score (nSPS) is 13.8. The topological polar surface area (TPSA) is 72.0 Å². The summed E-state index contributed by atoms with van der Waals surface area (Å²) >= 11 is 6.21. The molecule has 2 aromatic carbocycles. The van der Waals surface area contributed by atoms with Crippen LogP contribution >= 0.6 is 11.6 Å². The molecule has 172 valence electrons. The lowest BCUT2D eigenvalue weighted by atomic mass is 10.1. The minimum absolute atomic E-state index is 0.0846. The highest BCUT2D eigenvalue weighted by Crippen LogP contribution is 2.29. The number of piperazine rings is 1. The van der Waals surface area contributed by atoms with Gasteiger partial charge in [0.25, 0.3) is 5.91 Å². The Kier molecular flexibility index (Phi) is 7.29.